The van der Waals surface area contributed by atoms with Gasteiger partial charge in [-0.25, -0.2) is 27.6 Å². The monoisotopic (exact) mass is 562 g/mol. The van der Waals surface area contributed by atoms with Gasteiger partial charge in [-0.15, -0.1) is 0 Å². The van der Waals surface area contributed by atoms with Crippen LogP contribution in [0.15, 0.2) is 33.9 Å². The van der Waals surface area contributed by atoms with E-state index in [1.54, 1.807) is 6.92 Å². The molecule has 39 heavy (non-hydrogen) atoms. The van der Waals surface area contributed by atoms with E-state index >= 15 is 0 Å². The molecule has 1 fully saturated rings. The zero-order chi connectivity index (χ0) is 28.3. The van der Waals surface area contributed by atoms with Crippen LogP contribution in [-0.2, 0) is 21.1 Å². The fourth-order valence-corrected chi connectivity index (χ4v) is 4.60. The highest BCUT2D eigenvalue weighted by Gasteiger charge is 2.27. The molecule has 3 heterocycles. The van der Waals surface area contributed by atoms with Gasteiger partial charge in [0.1, 0.15) is 24.3 Å². The number of carbonyl (C=O) groups is 1. The smallest absolute Gasteiger partial charge is 0.329 e. The van der Waals surface area contributed by atoms with Crippen LogP contribution >= 0.6 is 0 Å². The number of esters is 1. The number of halogens is 1. The topological polar surface area (TPSA) is 164 Å². The lowest BCUT2D eigenvalue weighted by molar-refractivity contribution is -0.136. The van der Waals surface area contributed by atoms with Crippen molar-refractivity contribution in [2.24, 2.45) is 5.73 Å². The molecule has 0 saturated carbocycles. The van der Waals surface area contributed by atoms with Crippen molar-refractivity contribution in [2.45, 2.75) is 63.0 Å². The van der Waals surface area contributed by atoms with Crippen LogP contribution in [0, 0.1) is 12.7 Å². The second-order valence-electron chi connectivity index (χ2n) is 9.76. The molecule has 12 nitrogen and oxygen atoms in total. The zero-order valence-corrected chi connectivity index (χ0v) is 22.9. The predicted molar refractivity (Wildman–Crippen MR) is 138 cm³/mol. The van der Waals surface area contributed by atoms with Crippen molar-refractivity contribution < 1.29 is 31.6 Å². The fourth-order valence-electron chi connectivity index (χ4n) is 3.97. The second kappa shape index (κ2) is 11.6. The van der Waals surface area contributed by atoms with Gasteiger partial charge in [-0.3, -0.25) is 0 Å². The summed E-state index contributed by atoms with van der Waals surface area (Å²) in [7, 11) is -3.57. The number of nitrogens with two attached hydrogens (primary N) is 1. The molecular weight excluding hydrogens is 531 g/mol. The normalized spacial score (nSPS) is 15.4. The minimum absolute atomic E-state index is 0.0159. The van der Waals surface area contributed by atoms with Gasteiger partial charge in [-0.2, -0.15) is 4.98 Å². The molecule has 2 aromatic heterocycles. The van der Waals surface area contributed by atoms with E-state index in [4.69, 9.17) is 19.7 Å². The number of carbonyl (C=O) groups excluding carboxylic acids is 1. The number of ether oxygens (including phenoxy) is 2. The van der Waals surface area contributed by atoms with Crippen molar-refractivity contribution in [3.63, 3.8) is 0 Å². The molecule has 0 aliphatic carbocycles. The Bertz CT molecular complexity index is 1440. The average molecular weight is 563 g/mol. The molecule has 210 valence electrons. The Morgan fingerprint density at radius 2 is 1.92 bits per heavy atom. The molecular formula is C25H31FN6O6S. The van der Waals surface area contributed by atoms with Crippen LogP contribution < -0.4 is 20.1 Å². The molecule has 4 rings (SSSR count). The molecule has 1 atom stereocenters. The van der Waals surface area contributed by atoms with Gasteiger partial charge in [0, 0.05) is 44.5 Å². The number of hydrogen-bond acceptors (Lipinski definition) is 12. The maximum atomic E-state index is 14.4. The SMILES string of the molecule is Cc1c(OC(=O)[C@@H](N)Cc2ccc(S(C)(=O)=O)cc2F)ncnc1OC1CCN(c2nc(C(C)C)no2)CC1. The number of nitrogens with zero attached hydrogens (tertiary/aromatic N) is 5. The summed E-state index contributed by atoms with van der Waals surface area (Å²) in [6, 6.07) is 2.73. The summed E-state index contributed by atoms with van der Waals surface area (Å²) in [5, 5.41) is 4.01. The lowest BCUT2D eigenvalue weighted by Crippen LogP contribution is -2.38. The number of hydrogen-bond donors (Lipinski definition) is 1. The van der Waals surface area contributed by atoms with Crippen LogP contribution in [0.2, 0.25) is 0 Å². The van der Waals surface area contributed by atoms with Crippen molar-refractivity contribution in [3.8, 4) is 11.8 Å². The van der Waals surface area contributed by atoms with E-state index < -0.39 is 27.7 Å². The minimum atomic E-state index is -3.57. The number of aromatic nitrogens is 4. The van der Waals surface area contributed by atoms with Crippen LogP contribution in [0.25, 0.3) is 0 Å². The van der Waals surface area contributed by atoms with Gasteiger partial charge in [-0.05, 0) is 24.6 Å². The molecule has 2 N–H and O–H groups in total. The Labute approximate surface area is 225 Å². The summed E-state index contributed by atoms with van der Waals surface area (Å²) < 4.78 is 54.4. The van der Waals surface area contributed by atoms with Crippen molar-refractivity contribution in [1.29, 1.82) is 0 Å². The first-order chi connectivity index (χ1) is 18.4. The van der Waals surface area contributed by atoms with Gasteiger partial charge < -0.3 is 24.6 Å². The zero-order valence-electron chi connectivity index (χ0n) is 22.1. The molecule has 0 radical (unpaired) electrons. The van der Waals surface area contributed by atoms with E-state index in [0.717, 1.165) is 12.3 Å². The Kier molecular flexibility index (Phi) is 8.45. The number of sulfone groups is 1. The summed E-state index contributed by atoms with van der Waals surface area (Å²) in [6.45, 7) is 6.98. The summed E-state index contributed by atoms with van der Waals surface area (Å²) in [5.74, 6) is -0.503. The Morgan fingerprint density at radius 1 is 1.23 bits per heavy atom. The van der Waals surface area contributed by atoms with Gasteiger partial charge in [0.25, 0.3) is 0 Å². The Morgan fingerprint density at radius 3 is 2.54 bits per heavy atom. The Balaban J connectivity index is 1.34. The van der Waals surface area contributed by atoms with E-state index in [1.807, 2.05) is 18.7 Å². The van der Waals surface area contributed by atoms with Crippen LogP contribution in [0.3, 0.4) is 0 Å². The first-order valence-corrected chi connectivity index (χ1v) is 14.3. The molecule has 0 bridgehead atoms. The quantitative estimate of drug-likeness (QED) is 0.379. The minimum Gasteiger partial charge on any atom is -0.474 e. The summed E-state index contributed by atoms with van der Waals surface area (Å²) >= 11 is 0. The van der Waals surface area contributed by atoms with Crippen molar-refractivity contribution in [1.82, 2.24) is 20.1 Å². The van der Waals surface area contributed by atoms with Gasteiger partial charge in [0.15, 0.2) is 15.7 Å². The van der Waals surface area contributed by atoms with E-state index in [2.05, 4.69) is 20.1 Å². The standard InChI is InChI=1S/C25H31FN6O6S/c1-14(2)21-30-25(38-31-21)32-9-7-17(8-10-32)36-22-15(3)23(29-13-28-22)37-24(33)20(27)11-16-5-6-18(12-19(16)26)39(4,34)35/h5-6,12-14,17,20H,7-11,27H2,1-4H3/t20-/m0/s1. The molecule has 3 aromatic rings. The average Bonchev–Trinajstić information content (AvgIpc) is 3.38. The van der Waals surface area contributed by atoms with Gasteiger partial charge in [-0.1, -0.05) is 25.1 Å². The van der Waals surface area contributed by atoms with Crippen LogP contribution in [-0.4, -0.2) is 66.0 Å². The van der Waals surface area contributed by atoms with E-state index in [9.17, 15) is 17.6 Å². The predicted octanol–water partition coefficient (Wildman–Crippen LogP) is 2.36. The lowest BCUT2D eigenvalue weighted by atomic mass is 10.1. The fraction of sp³-hybridized carbons (Fsp3) is 0.480. The van der Waals surface area contributed by atoms with E-state index in [-0.39, 0.29) is 40.7 Å². The Hall–Kier alpha value is -3.65. The highest BCUT2D eigenvalue weighted by molar-refractivity contribution is 7.90. The highest BCUT2D eigenvalue weighted by atomic mass is 32.2. The first-order valence-electron chi connectivity index (χ1n) is 12.4. The maximum absolute atomic E-state index is 14.4. The summed E-state index contributed by atoms with van der Waals surface area (Å²) in [6.07, 6.45) is 3.25. The molecule has 0 amide bonds. The molecule has 1 saturated heterocycles. The maximum Gasteiger partial charge on any atom is 0.329 e. The molecule has 1 aliphatic heterocycles. The number of anilines is 1. The van der Waals surface area contributed by atoms with Crippen molar-refractivity contribution >= 4 is 21.8 Å². The molecule has 1 aliphatic rings. The third-order valence-electron chi connectivity index (χ3n) is 6.32. The highest BCUT2D eigenvalue weighted by Crippen LogP contribution is 2.27. The van der Waals surface area contributed by atoms with Crippen molar-refractivity contribution in [3.05, 3.63) is 47.3 Å². The number of benzene rings is 1. The van der Waals surface area contributed by atoms with Gasteiger partial charge >= 0.3 is 12.0 Å². The summed E-state index contributed by atoms with van der Waals surface area (Å²) in [5.41, 5.74) is 6.46. The summed E-state index contributed by atoms with van der Waals surface area (Å²) in [4.78, 5) is 27.1. The number of rotatable bonds is 9. The third-order valence-corrected chi connectivity index (χ3v) is 7.43. The second-order valence-corrected chi connectivity index (χ2v) is 11.8. The largest absolute Gasteiger partial charge is 0.474 e. The van der Waals surface area contributed by atoms with E-state index in [0.29, 0.717) is 43.3 Å². The van der Waals surface area contributed by atoms with E-state index in [1.165, 1.54) is 18.5 Å². The van der Waals surface area contributed by atoms with Gasteiger partial charge in [0.2, 0.25) is 11.8 Å². The van der Waals surface area contributed by atoms with Gasteiger partial charge in [0.05, 0.1) is 10.5 Å². The van der Waals surface area contributed by atoms with Crippen molar-refractivity contribution in [2.75, 3.05) is 24.2 Å². The van der Waals surface area contributed by atoms with Crippen LogP contribution in [0.5, 0.6) is 11.8 Å². The molecule has 1 aromatic carbocycles. The van der Waals surface area contributed by atoms with Crippen LogP contribution in [0.4, 0.5) is 10.4 Å². The third kappa shape index (κ3) is 6.87. The number of piperidine rings is 1. The molecule has 0 unspecified atom stereocenters. The van der Waals surface area contributed by atoms with Crippen LogP contribution in [0.1, 0.15) is 49.6 Å². The molecule has 14 heteroatoms. The lowest BCUT2D eigenvalue weighted by Gasteiger charge is -2.30. The molecule has 0 spiro atoms. The first kappa shape index (κ1) is 28.4.